The van der Waals surface area contributed by atoms with E-state index in [-0.39, 0.29) is 30.2 Å². The van der Waals surface area contributed by atoms with Crippen molar-refractivity contribution in [1.29, 1.82) is 0 Å². The Morgan fingerprint density at radius 2 is 1.98 bits per heavy atom. The molecule has 13 nitrogen and oxygen atoms in total. The van der Waals surface area contributed by atoms with E-state index in [4.69, 9.17) is 35.3 Å². The van der Waals surface area contributed by atoms with E-state index in [1.165, 1.54) is 31.1 Å². The fourth-order valence-electron chi connectivity index (χ4n) is 6.61. The fourth-order valence-corrected chi connectivity index (χ4v) is 8.09. The lowest BCUT2D eigenvalue weighted by Gasteiger charge is -2.42. The van der Waals surface area contributed by atoms with Gasteiger partial charge in [-0.3, -0.25) is 14.9 Å². The van der Waals surface area contributed by atoms with E-state index >= 15 is 0 Å². The summed E-state index contributed by atoms with van der Waals surface area (Å²) in [5.41, 5.74) is -0.884. The molecule has 8 atom stereocenters. The van der Waals surface area contributed by atoms with Crippen LogP contribution in [0.2, 0.25) is 5.02 Å². The first-order valence-electron chi connectivity index (χ1n) is 17.0. The molecule has 4 bridgehead atoms. The number of esters is 1. The average molecular weight is 784 g/mol. The highest BCUT2D eigenvalue weighted by Crippen LogP contribution is 2.49. The quantitative estimate of drug-likeness (QED) is 0.151. The first-order valence-corrected chi connectivity index (χ1v) is 20.1. The van der Waals surface area contributed by atoms with E-state index in [0.717, 1.165) is 11.1 Å². The van der Waals surface area contributed by atoms with Crippen molar-refractivity contribution < 1.29 is 48.0 Å². The Hall–Kier alpha value is -2.95. The number of alkyl carbamates (subject to hydrolysis) is 1. The van der Waals surface area contributed by atoms with Gasteiger partial charge in [-0.2, -0.15) is 0 Å². The monoisotopic (exact) mass is 783 g/mol. The highest BCUT2D eigenvalue weighted by atomic mass is 35.5. The third kappa shape index (κ3) is 9.40. The molecule has 0 unspecified atom stereocenters. The zero-order chi connectivity index (χ0) is 38.5. The number of halogens is 1. The van der Waals surface area contributed by atoms with Crippen molar-refractivity contribution in [2.24, 2.45) is 5.92 Å². The Kier molecular flexibility index (Phi) is 14.0. The Balaban J connectivity index is 1.74. The number of nitrogens with one attached hydrogen (secondary N) is 1. The summed E-state index contributed by atoms with van der Waals surface area (Å²) in [5, 5.41) is 14.5. The van der Waals surface area contributed by atoms with Gasteiger partial charge in [0.25, 0.3) is 0 Å². The number of carbonyl (C=O) groups is 4. The third-order valence-corrected chi connectivity index (χ3v) is 12.2. The molecule has 1 aromatic rings. The predicted molar refractivity (Wildman–Crippen MR) is 202 cm³/mol. The highest BCUT2D eigenvalue weighted by molar-refractivity contribution is 8.76. The number of ether oxygens (including phenoxy) is 5. The minimum absolute atomic E-state index is 0.0452. The van der Waals surface area contributed by atoms with Crippen LogP contribution in [-0.4, -0.2) is 116 Å². The number of likely N-dealkylation sites (N-methyl/N-ethyl adjacent to an activating group) is 1. The van der Waals surface area contributed by atoms with E-state index in [0.29, 0.717) is 23.6 Å². The minimum Gasteiger partial charge on any atom is -0.495 e. The molecule has 0 spiro atoms. The Labute approximate surface area is 318 Å². The van der Waals surface area contributed by atoms with Crippen LogP contribution < -0.4 is 15.0 Å². The van der Waals surface area contributed by atoms with Crippen molar-refractivity contribution in [1.82, 2.24) is 10.2 Å². The molecule has 4 rings (SSSR count). The molecule has 2 N–H and O–H groups in total. The zero-order valence-electron chi connectivity index (χ0n) is 31.1. The van der Waals surface area contributed by atoms with E-state index in [1.54, 1.807) is 73.7 Å². The van der Waals surface area contributed by atoms with Gasteiger partial charge in [-0.05, 0) is 51.1 Å². The summed E-state index contributed by atoms with van der Waals surface area (Å²) in [5.74, 6) is -0.916. The van der Waals surface area contributed by atoms with Gasteiger partial charge >= 0.3 is 12.1 Å². The second-order valence-electron chi connectivity index (χ2n) is 13.6. The van der Waals surface area contributed by atoms with Crippen LogP contribution in [0.1, 0.15) is 52.5 Å². The number of allylic oxidation sites excluding steroid dienone is 3. The Morgan fingerprint density at radius 1 is 1.27 bits per heavy atom. The van der Waals surface area contributed by atoms with Crippen molar-refractivity contribution in [2.75, 3.05) is 45.2 Å². The smallest absolute Gasteiger partial charge is 0.409 e. The number of benzene rings is 1. The molecule has 288 valence electrons. The van der Waals surface area contributed by atoms with Crippen molar-refractivity contribution in [2.45, 2.75) is 95.2 Å². The van der Waals surface area contributed by atoms with Crippen LogP contribution in [0.4, 0.5) is 10.5 Å². The number of aliphatic hydroxyl groups is 1. The number of amides is 3. The van der Waals surface area contributed by atoms with Crippen LogP contribution in [-0.2, 0) is 39.8 Å². The maximum Gasteiger partial charge on any atom is 0.409 e. The standard InChI is InChI=1S/C36H50ClN3O10S2/c1-20-11-10-12-27(47-8)36(45)19-26(48-34(44)38-36)21(2)32-35(4,50-32)28(49-33(43)22(3)39(5)29(41)13-14-52-51-9)18-30(42)40(6)24-16-23(15-20)17-25(46-7)31(24)37/h10-12,16-17,21-22,26-28,32,45H,13-15,18-19H2,1-9H3,(H,38,44)/b12-10+,20-11+/t21-,22+,26+,27-,28-,32-,35-,36+/m1/s1. The summed E-state index contributed by atoms with van der Waals surface area (Å²) in [4.78, 5) is 56.2. The first-order chi connectivity index (χ1) is 24.5. The molecule has 3 aliphatic heterocycles. The first kappa shape index (κ1) is 41.8. The molecule has 0 saturated carbocycles. The van der Waals surface area contributed by atoms with Crippen LogP contribution in [0.15, 0.2) is 35.9 Å². The molecule has 1 aromatic carbocycles. The van der Waals surface area contributed by atoms with Crippen LogP contribution in [0, 0.1) is 5.92 Å². The number of methoxy groups -OCH3 is 2. The molecular formula is C36H50ClN3O10S2. The predicted octanol–water partition coefficient (Wildman–Crippen LogP) is 4.92. The molecule has 3 amide bonds. The van der Waals surface area contributed by atoms with Crippen molar-refractivity contribution in [3.63, 3.8) is 0 Å². The van der Waals surface area contributed by atoms with Crippen molar-refractivity contribution in [3.8, 4) is 5.75 Å². The van der Waals surface area contributed by atoms with Gasteiger partial charge in [0.15, 0.2) is 5.72 Å². The van der Waals surface area contributed by atoms with E-state index in [1.807, 2.05) is 19.3 Å². The maximum atomic E-state index is 14.1. The lowest BCUT2D eigenvalue weighted by Crippen LogP contribution is -2.63. The molecule has 3 heterocycles. The molecule has 0 aromatic heterocycles. The minimum atomic E-state index is -1.82. The molecule has 16 heteroatoms. The molecule has 52 heavy (non-hydrogen) atoms. The van der Waals surface area contributed by atoms with Gasteiger partial charge in [0.05, 0.1) is 25.3 Å². The van der Waals surface area contributed by atoms with Crippen molar-refractivity contribution >= 4 is 62.8 Å². The second-order valence-corrected chi connectivity index (χ2v) is 16.7. The number of hydrogen-bond acceptors (Lipinski definition) is 12. The Morgan fingerprint density at radius 3 is 2.63 bits per heavy atom. The number of carbonyl (C=O) groups excluding carboxylic acids is 4. The normalized spacial score (nSPS) is 31.6. The second kappa shape index (κ2) is 17.5. The lowest BCUT2D eigenvalue weighted by atomic mass is 9.83. The van der Waals surface area contributed by atoms with Crippen LogP contribution in [0.25, 0.3) is 0 Å². The molecular weight excluding hydrogens is 734 g/mol. The largest absolute Gasteiger partial charge is 0.495 e. The fraction of sp³-hybridized carbons (Fsp3) is 0.611. The molecule has 0 aliphatic carbocycles. The topological polar surface area (TPSA) is 156 Å². The number of rotatable bonds is 9. The van der Waals surface area contributed by atoms with Crippen LogP contribution in [0.3, 0.4) is 0 Å². The van der Waals surface area contributed by atoms with Gasteiger partial charge in [0.1, 0.15) is 40.7 Å². The van der Waals surface area contributed by atoms with E-state index in [2.05, 4.69) is 5.32 Å². The number of anilines is 1. The summed E-state index contributed by atoms with van der Waals surface area (Å²) in [6.45, 7) is 7.02. The molecule has 0 radical (unpaired) electrons. The van der Waals surface area contributed by atoms with Gasteiger partial charge in [-0.15, -0.1) is 0 Å². The Bertz CT molecular complexity index is 1580. The summed E-state index contributed by atoms with van der Waals surface area (Å²) < 4.78 is 29.2. The van der Waals surface area contributed by atoms with Gasteiger partial charge in [-0.1, -0.05) is 63.9 Å². The molecule has 2 fully saturated rings. The third-order valence-electron chi connectivity index (χ3n) is 10.0. The maximum absolute atomic E-state index is 14.1. The van der Waals surface area contributed by atoms with Crippen LogP contribution >= 0.6 is 33.2 Å². The molecule has 2 saturated heterocycles. The number of epoxide rings is 1. The van der Waals surface area contributed by atoms with Gasteiger partial charge < -0.3 is 38.6 Å². The summed E-state index contributed by atoms with van der Waals surface area (Å²) >= 11 is 6.75. The van der Waals surface area contributed by atoms with E-state index < -0.39 is 65.7 Å². The van der Waals surface area contributed by atoms with Gasteiger partial charge in [0.2, 0.25) is 11.8 Å². The van der Waals surface area contributed by atoms with Crippen LogP contribution in [0.5, 0.6) is 5.75 Å². The summed E-state index contributed by atoms with van der Waals surface area (Å²) in [7, 11) is 9.14. The number of nitrogens with zero attached hydrogens (tertiary/aromatic N) is 2. The highest BCUT2D eigenvalue weighted by Gasteiger charge is 2.64. The lowest BCUT2D eigenvalue weighted by molar-refractivity contribution is -0.161. The van der Waals surface area contributed by atoms with Gasteiger partial charge in [0, 0.05) is 45.7 Å². The van der Waals surface area contributed by atoms with E-state index in [9.17, 15) is 24.3 Å². The summed E-state index contributed by atoms with van der Waals surface area (Å²) in [6, 6.07) is 2.63. The number of hydrogen-bond donors (Lipinski definition) is 2. The summed E-state index contributed by atoms with van der Waals surface area (Å²) in [6.07, 6.45) is 3.17. The SMILES string of the molecule is COc1cc2cc(c1Cl)N(C)C(=O)C[C@@H](OC(=O)[C@H](C)N(C)C(=O)CCSSC)[C@@]1(C)O[C@@H]1[C@H](C)[C@@H]1C[C@@](O)(NC(=O)O1)[C@H](OC)/C=C/C=C(\C)C2. The van der Waals surface area contributed by atoms with Crippen molar-refractivity contribution in [3.05, 3.63) is 46.5 Å². The molecule has 3 aliphatic rings. The number of fused-ring (bicyclic) bond motifs is 5. The van der Waals surface area contributed by atoms with Gasteiger partial charge in [-0.25, -0.2) is 9.59 Å². The zero-order valence-corrected chi connectivity index (χ0v) is 33.5. The average Bonchev–Trinajstić information content (AvgIpc) is 3.80.